The van der Waals surface area contributed by atoms with Crippen LogP contribution < -0.4 is 10.2 Å². The summed E-state index contributed by atoms with van der Waals surface area (Å²) < 4.78 is 5.22. The minimum Gasteiger partial charge on any atom is -0.452 e. The van der Waals surface area contributed by atoms with E-state index in [2.05, 4.69) is 5.32 Å². The molecule has 30 heavy (non-hydrogen) atoms. The maximum absolute atomic E-state index is 12.5. The smallest absolute Gasteiger partial charge is 0.312 e. The summed E-state index contributed by atoms with van der Waals surface area (Å²) in [6.45, 7) is 3.47. The minimum absolute atomic E-state index is 0.00872. The van der Waals surface area contributed by atoms with E-state index in [0.29, 0.717) is 5.69 Å². The van der Waals surface area contributed by atoms with E-state index >= 15 is 0 Å². The van der Waals surface area contributed by atoms with Gasteiger partial charge in [-0.1, -0.05) is 29.8 Å². The number of benzene rings is 2. The molecular weight excluding hydrogens is 390 g/mol. The number of rotatable bonds is 6. The molecule has 9 heteroatoms. The predicted octanol–water partition coefficient (Wildman–Crippen LogP) is 2.83. The first-order valence-corrected chi connectivity index (χ1v) is 9.38. The SMILES string of the molecule is Cc1ccc(N2C[C@H](C(=O)O[C@@H](C)C(=O)Nc3ccccc3[N+](=O)[O-])CC2=O)cc1. The average Bonchev–Trinajstić information content (AvgIpc) is 3.10. The molecule has 2 aromatic rings. The molecule has 0 saturated carbocycles. The van der Waals surface area contributed by atoms with Crippen molar-refractivity contribution in [2.75, 3.05) is 16.8 Å². The van der Waals surface area contributed by atoms with Crippen molar-refractivity contribution < 1.29 is 24.0 Å². The average molecular weight is 411 g/mol. The highest BCUT2D eigenvalue weighted by Crippen LogP contribution is 2.27. The van der Waals surface area contributed by atoms with E-state index in [9.17, 15) is 24.5 Å². The van der Waals surface area contributed by atoms with Crippen LogP contribution >= 0.6 is 0 Å². The summed E-state index contributed by atoms with van der Waals surface area (Å²) in [5.41, 5.74) is 1.50. The van der Waals surface area contributed by atoms with Gasteiger partial charge in [0.15, 0.2) is 6.10 Å². The van der Waals surface area contributed by atoms with Gasteiger partial charge in [-0.15, -0.1) is 0 Å². The monoisotopic (exact) mass is 411 g/mol. The third-order valence-corrected chi connectivity index (χ3v) is 4.82. The van der Waals surface area contributed by atoms with Crippen LogP contribution in [0.25, 0.3) is 0 Å². The molecule has 9 nitrogen and oxygen atoms in total. The van der Waals surface area contributed by atoms with Gasteiger partial charge in [0.1, 0.15) is 5.69 Å². The summed E-state index contributed by atoms with van der Waals surface area (Å²) in [5, 5.41) is 13.5. The van der Waals surface area contributed by atoms with E-state index in [1.165, 1.54) is 30.0 Å². The van der Waals surface area contributed by atoms with Crippen LogP contribution in [0.1, 0.15) is 18.9 Å². The van der Waals surface area contributed by atoms with Crippen LogP contribution in [0.15, 0.2) is 48.5 Å². The standard InChI is InChI=1S/C21H21N3O6/c1-13-7-9-16(10-8-13)23-12-15(11-19(23)25)21(27)30-14(2)20(26)22-17-5-3-4-6-18(17)24(28)29/h3-10,14-15H,11-12H2,1-2H3,(H,22,26)/t14-,15+/m0/s1. The highest BCUT2D eigenvalue weighted by Gasteiger charge is 2.37. The lowest BCUT2D eigenvalue weighted by molar-refractivity contribution is -0.383. The first-order chi connectivity index (χ1) is 14.3. The zero-order valence-corrected chi connectivity index (χ0v) is 16.5. The van der Waals surface area contributed by atoms with Gasteiger partial charge in [0.25, 0.3) is 11.6 Å². The van der Waals surface area contributed by atoms with Gasteiger partial charge in [0, 0.05) is 24.7 Å². The lowest BCUT2D eigenvalue weighted by Crippen LogP contribution is -2.33. The van der Waals surface area contributed by atoms with Crippen molar-refractivity contribution in [2.24, 2.45) is 5.92 Å². The molecule has 2 atom stereocenters. The number of hydrogen-bond acceptors (Lipinski definition) is 6. The molecule has 2 amide bonds. The van der Waals surface area contributed by atoms with Crippen molar-refractivity contribution >= 4 is 34.8 Å². The first kappa shape index (κ1) is 21.0. The Kier molecular flexibility index (Phi) is 6.10. The van der Waals surface area contributed by atoms with Crippen LogP contribution in [0.3, 0.4) is 0 Å². The fraction of sp³-hybridized carbons (Fsp3) is 0.286. The summed E-state index contributed by atoms with van der Waals surface area (Å²) in [7, 11) is 0. The fourth-order valence-electron chi connectivity index (χ4n) is 3.14. The van der Waals surface area contributed by atoms with Gasteiger partial charge in [-0.05, 0) is 32.0 Å². The zero-order valence-electron chi connectivity index (χ0n) is 16.5. The van der Waals surface area contributed by atoms with Gasteiger partial charge >= 0.3 is 5.97 Å². The number of aryl methyl sites for hydroxylation is 1. The topological polar surface area (TPSA) is 119 Å². The van der Waals surface area contributed by atoms with E-state index in [1.54, 1.807) is 6.07 Å². The summed E-state index contributed by atoms with van der Waals surface area (Å²) in [5.74, 6) is -2.25. The van der Waals surface area contributed by atoms with Crippen LogP contribution in [0.4, 0.5) is 17.1 Å². The molecule has 1 aliphatic rings. The van der Waals surface area contributed by atoms with Crippen molar-refractivity contribution in [1.29, 1.82) is 0 Å². The number of hydrogen-bond donors (Lipinski definition) is 1. The molecule has 0 radical (unpaired) electrons. The Hall–Kier alpha value is -3.75. The van der Waals surface area contributed by atoms with Crippen LogP contribution in [0, 0.1) is 23.0 Å². The second kappa shape index (κ2) is 8.73. The molecule has 1 aliphatic heterocycles. The number of carbonyl (C=O) groups is 3. The molecule has 1 heterocycles. The first-order valence-electron chi connectivity index (χ1n) is 9.38. The molecule has 1 N–H and O–H groups in total. The Morgan fingerprint density at radius 3 is 2.53 bits per heavy atom. The number of esters is 1. The highest BCUT2D eigenvalue weighted by molar-refractivity contribution is 6.00. The van der Waals surface area contributed by atoms with E-state index < -0.39 is 28.8 Å². The third-order valence-electron chi connectivity index (χ3n) is 4.82. The highest BCUT2D eigenvalue weighted by atomic mass is 16.6. The molecular formula is C21H21N3O6. The van der Waals surface area contributed by atoms with Crippen LogP contribution in [-0.4, -0.2) is 35.4 Å². The lowest BCUT2D eigenvalue weighted by atomic mass is 10.1. The lowest BCUT2D eigenvalue weighted by Gasteiger charge is -2.18. The Morgan fingerprint density at radius 1 is 1.20 bits per heavy atom. The van der Waals surface area contributed by atoms with Crippen LogP contribution in [-0.2, 0) is 19.1 Å². The van der Waals surface area contributed by atoms with Gasteiger partial charge in [-0.25, -0.2) is 0 Å². The van der Waals surface area contributed by atoms with Crippen LogP contribution in [0.2, 0.25) is 0 Å². The molecule has 2 aromatic carbocycles. The molecule has 1 saturated heterocycles. The quantitative estimate of drug-likeness (QED) is 0.443. The molecule has 0 spiro atoms. The molecule has 0 aromatic heterocycles. The maximum atomic E-state index is 12.5. The van der Waals surface area contributed by atoms with E-state index in [0.717, 1.165) is 5.56 Å². The van der Waals surface area contributed by atoms with Crippen molar-refractivity contribution in [3.05, 3.63) is 64.2 Å². The number of nitrogens with one attached hydrogen (secondary N) is 1. The number of nitro groups is 1. The number of para-hydroxylation sites is 2. The Bertz CT molecular complexity index is 988. The Labute approximate surface area is 172 Å². The van der Waals surface area contributed by atoms with E-state index in [-0.39, 0.29) is 30.2 Å². The van der Waals surface area contributed by atoms with Crippen LogP contribution in [0.5, 0.6) is 0 Å². The molecule has 0 bridgehead atoms. The van der Waals surface area contributed by atoms with Gasteiger partial charge < -0.3 is 15.0 Å². The van der Waals surface area contributed by atoms with E-state index in [4.69, 9.17) is 4.74 Å². The van der Waals surface area contributed by atoms with Crippen molar-refractivity contribution in [3.8, 4) is 0 Å². The normalized spacial score (nSPS) is 16.8. The molecule has 0 unspecified atom stereocenters. The third kappa shape index (κ3) is 4.62. The molecule has 1 fully saturated rings. The second-order valence-electron chi connectivity index (χ2n) is 7.08. The Morgan fingerprint density at radius 2 is 1.87 bits per heavy atom. The predicted molar refractivity (Wildman–Crippen MR) is 109 cm³/mol. The molecule has 156 valence electrons. The van der Waals surface area contributed by atoms with Gasteiger partial charge in [0.2, 0.25) is 5.91 Å². The number of nitro benzene ring substituents is 1. The summed E-state index contributed by atoms with van der Waals surface area (Å²) in [6, 6.07) is 13.0. The Balaban J connectivity index is 1.60. The molecule has 0 aliphatic carbocycles. The number of amides is 2. The number of carbonyl (C=O) groups excluding carboxylic acids is 3. The second-order valence-corrected chi connectivity index (χ2v) is 7.08. The largest absolute Gasteiger partial charge is 0.452 e. The maximum Gasteiger partial charge on any atom is 0.312 e. The summed E-state index contributed by atoms with van der Waals surface area (Å²) >= 11 is 0. The van der Waals surface area contributed by atoms with Gasteiger partial charge in [-0.2, -0.15) is 0 Å². The number of nitrogens with zero attached hydrogens (tertiary/aromatic N) is 2. The zero-order chi connectivity index (χ0) is 21.8. The van der Waals surface area contributed by atoms with Gasteiger partial charge in [-0.3, -0.25) is 24.5 Å². The molecule has 3 rings (SSSR count). The van der Waals surface area contributed by atoms with Gasteiger partial charge in [0.05, 0.1) is 10.8 Å². The number of ether oxygens (including phenoxy) is 1. The van der Waals surface area contributed by atoms with Crippen molar-refractivity contribution in [3.63, 3.8) is 0 Å². The minimum atomic E-state index is -1.18. The van der Waals surface area contributed by atoms with Crippen molar-refractivity contribution in [2.45, 2.75) is 26.4 Å². The fourth-order valence-corrected chi connectivity index (χ4v) is 3.14. The van der Waals surface area contributed by atoms with E-state index in [1.807, 2.05) is 31.2 Å². The number of anilines is 2. The summed E-state index contributed by atoms with van der Waals surface area (Å²) in [6.07, 6.45) is -1.19. The van der Waals surface area contributed by atoms with Crippen molar-refractivity contribution in [1.82, 2.24) is 0 Å². The summed E-state index contributed by atoms with van der Waals surface area (Å²) in [4.78, 5) is 49.1.